The second-order valence-corrected chi connectivity index (χ2v) is 10.6. The van der Waals surface area contributed by atoms with Crippen LogP contribution in [-0.2, 0) is 30.0 Å². The first kappa shape index (κ1) is 25.9. The number of para-hydroxylation sites is 1. The summed E-state index contributed by atoms with van der Waals surface area (Å²) < 4.78 is 28.8. The Morgan fingerprint density at radius 3 is 2.66 bits per heavy atom. The van der Waals surface area contributed by atoms with Crippen LogP contribution in [0.15, 0.2) is 18.2 Å². The molecule has 10 heteroatoms. The molecule has 4 fully saturated rings. The van der Waals surface area contributed by atoms with Gasteiger partial charge in [0, 0.05) is 7.11 Å². The van der Waals surface area contributed by atoms with Crippen molar-refractivity contribution in [3.63, 3.8) is 0 Å². The van der Waals surface area contributed by atoms with Crippen LogP contribution < -0.4 is 10.1 Å². The molecule has 5 unspecified atom stereocenters. The zero-order valence-corrected chi connectivity index (χ0v) is 21.2. The van der Waals surface area contributed by atoms with Crippen LogP contribution in [-0.4, -0.2) is 75.8 Å². The predicted molar refractivity (Wildman–Crippen MR) is 128 cm³/mol. The molecular formula is C25H36BNO8. The maximum atomic E-state index is 12.7. The number of carboxylic acid groups (broad SMARTS) is 1. The molecule has 3 saturated carbocycles. The van der Waals surface area contributed by atoms with Gasteiger partial charge < -0.3 is 33.9 Å². The maximum absolute atomic E-state index is 12.7. The van der Waals surface area contributed by atoms with E-state index in [1.54, 1.807) is 19.2 Å². The van der Waals surface area contributed by atoms with E-state index < -0.39 is 24.6 Å². The molecule has 1 saturated heterocycles. The van der Waals surface area contributed by atoms with E-state index in [2.05, 4.69) is 26.1 Å². The lowest BCUT2D eigenvalue weighted by Gasteiger charge is -2.64. The smallest absolute Gasteiger partial charge is 0.482 e. The fraction of sp³-hybridized carbons (Fsp3) is 0.680. The highest BCUT2D eigenvalue weighted by Crippen LogP contribution is 2.65. The molecule has 1 heterocycles. The second-order valence-electron chi connectivity index (χ2n) is 10.6. The number of rotatable bonds is 11. The molecule has 0 aromatic heterocycles. The van der Waals surface area contributed by atoms with Crippen LogP contribution in [0.3, 0.4) is 0 Å². The zero-order chi connectivity index (χ0) is 25.4. The first-order valence-corrected chi connectivity index (χ1v) is 12.2. The van der Waals surface area contributed by atoms with E-state index in [-0.39, 0.29) is 41.8 Å². The molecule has 0 radical (unpaired) electrons. The largest absolute Gasteiger partial charge is 0.496 e. The molecule has 3 aliphatic carbocycles. The molecule has 1 aromatic carbocycles. The van der Waals surface area contributed by atoms with Crippen molar-refractivity contribution in [3.8, 4) is 5.75 Å². The summed E-state index contributed by atoms with van der Waals surface area (Å²) in [4.78, 5) is 24.5. The fourth-order valence-corrected chi connectivity index (χ4v) is 6.23. The molecule has 5 rings (SSSR count). The second kappa shape index (κ2) is 10.1. The Balaban J connectivity index is 1.56. The predicted octanol–water partition coefficient (Wildman–Crippen LogP) is 2.35. The van der Waals surface area contributed by atoms with Gasteiger partial charge >= 0.3 is 13.1 Å². The lowest BCUT2D eigenvalue weighted by Crippen LogP contribution is -2.65. The van der Waals surface area contributed by atoms with E-state index >= 15 is 0 Å². The van der Waals surface area contributed by atoms with E-state index in [4.69, 9.17) is 23.5 Å². The summed E-state index contributed by atoms with van der Waals surface area (Å²) in [6.45, 7) is 7.28. The average molecular weight is 489 g/mol. The third-order valence-corrected chi connectivity index (χ3v) is 8.28. The fourth-order valence-electron chi connectivity index (χ4n) is 6.23. The van der Waals surface area contributed by atoms with Crippen LogP contribution in [0, 0.1) is 17.3 Å². The molecule has 2 N–H and O–H groups in total. The molecule has 4 aliphatic rings. The summed E-state index contributed by atoms with van der Waals surface area (Å²) >= 11 is 0. The van der Waals surface area contributed by atoms with Gasteiger partial charge in [-0.25, -0.2) is 4.79 Å². The number of ether oxygens (including phenoxy) is 3. The number of carboxylic acids is 1. The van der Waals surface area contributed by atoms with E-state index in [1.165, 1.54) is 13.2 Å². The summed E-state index contributed by atoms with van der Waals surface area (Å²) in [5, 5.41) is 12.6. The maximum Gasteiger partial charge on any atom is 0.482 e. The molecule has 35 heavy (non-hydrogen) atoms. The van der Waals surface area contributed by atoms with E-state index in [1.807, 2.05) is 0 Å². The Kier molecular flexibility index (Phi) is 7.47. The van der Waals surface area contributed by atoms with Crippen molar-refractivity contribution in [1.29, 1.82) is 0 Å². The Bertz CT molecular complexity index is 955. The monoisotopic (exact) mass is 489 g/mol. The highest BCUT2D eigenvalue weighted by Gasteiger charge is 2.68. The Morgan fingerprint density at radius 2 is 2.00 bits per heavy atom. The summed E-state index contributed by atoms with van der Waals surface area (Å²) in [6.07, 6.45) is 2.28. The highest BCUT2D eigenvalue weighted by molar-refractivity contribution is 6.48. The van der Waals surface area contributed by atoms with Gasteiger partial charge in [-0.05, 0) is 55.1 Å². The van der Waals surface area contributed by atoms with Crippen molar-refractivity contribution in [2.75, 3.05) is 34.0 Å². The number of amides is 1. The first-order valence-electron chi connectivity index (χ1n) is 12.2. The van der Waals surface area contributed by atoms with Crippen molar-refractivity contribution in [2.45, 2.75) is 57.7 Å². The molecule has 2 bridgehead atoms. The summed E-state index contributed by atoms with van der Waals surface area (Å²) in [5.74, 6) is -0.708. The van der Waals surface area contributed by atoms with Gasteiger partial charge in [0.1, 0.15) is 17.9 Å². The quantitative estimate of drug-likeness (QED) is 0.360. The SMILES string of the molecule is COCCOCC(=O)NC(Cc1cccc(C(=O)O)c1OC)B1OC2CC3CC(C3(C)C)C2(C)O1. The number of hydrogen-bond acceptors (Lipinski definition) is 7. The number of benzene rings is 1. The molecule has 0 spiro atoms. The van der Waals surface area contributed by atoms with Crippen LogP contribution >= 0.6 is 0 Å². The van der Waals surface area contributed by atoms with Gasteiger partial charge in [0.25, 0.3) is 0 Å². The van der Waals surface area contributed by atoms with Crippen LogP contribution in [0.1, 0.15) is 49.5 Å². The van der Waals surface area contributed by atoms with Crippen molar-refractivity contribution in [3.05, 3.63) is 29.3 Å². The van der Waals surface area contributed by atoms with Crippen molar-refractivity contribution < 1.29 is 38.2 Å². The summed E-state index contributed by atoms with van der Waals surface area (Å²) in [7, 11) is 2.33. The van der Waals surface area contributed by atoms with Gasteiger partial charge in [-0.3, -0.25) is 4.79 Å². The summed E-state index contributed by atoms with van der Waals surface area (Å²) in [6, 6.07) is 4.96. The number of carbonyl (C=O) groups is 2. The topological polar surface area (TPSA) is 113 Å². The molecule has 1 aromatic rings. The third kappa shape index (κ3) is 4.81. The van der Waals surface area contributed by atoms with Crippen LogP contribution in [0.5, 0.6) is 5.75 Å². The van der Waals surface area contributed by atoms with Crippen molar-refractivity contribution in [2.24, 2.45) is 17.3 Å². The van der Waals surface area contributed by atoms with Gasteiger partial charge in [-0.15, -0.1) is 0 Å². The van der Waals surface area contributed by atoms with E-state index in [9.17, 15) is 14.7 Å². The minimum atomic E-state index is -1.08. The van der Waals surface area contributed by atoms with E-state index in [0.29, 0.717) is 30.6 Å². The average Bonchev–Trinajstić information content (AvgIpc) is 3.18. The number of aromatic carboxylic acids is 1. The van der Waals surface area contributed by atoms with Gasteiger partial charge in [0.2, 0.25) is 5.91 Å². The molecule has 5 atom stereocenters. The van der Waals surface area contributed by atoms with Crippen LogP contribution in [0.4, 0.5) is 0 Å². The number of hydrogen-bond donors (Lipinski definition) is 2. The molecule has 9 nitrogen and oxygen atoms in total. The minimum Gasteiger partial charge on any atom is -0.496 e. The molecule has 192 valence electrons. The standard InChI is InChI=1S/C25H36BNO8/c1-24(2)16-12-18(24)25(3)19(13-16)34-26(35-25)20(27-21(28)14-33-10-9-31-4)11-15-7-6-8-17(23(29)30)22(15)32-5/h6-8,16,18-20H,9-14H2,1-5H3,(H,27,28)(H,29,30). The minimum absolute atomic E-state index is 0.0473. The molecule has 1 amide bonds. The number of carbonyl (C=O) groups excluding carboxylic acids is 1. The lowest BCUT2D eigenvalue weighted by atomic mass is 9.43. The van der Waals surface area contributed by atoms with Crippen LogP contribution in [0.2, 0.25) is 0 Å². The van der Waals surface area contributed by atoms with Gasteiger partial charge in [-0.2, -0.15) is 0 Å². The van der Waals surface area contributed by atoms with Gasteiger partial charge in [-0.1, -0.05) is 26.0 Å². The van der Waals surface area contributed by atoms with Gasteiger partial charge in [0.15, 0.2) is 0 Å². The molecular weight excluding hydrogens is 453 g/mol. The highest BCUT2D eigenvalue weighted by atomic mass is 16.7. The van der Waals surface area contributed by atoms with Crippen molar-refractivity contribution in [1.82, 2.24) is 5.32 Å². The lowest BCUT2D eigenvalue weighted by molar-refractivity contribution is -0.199. The Hall–Kier alpha value is -2.14. The van der Waals surface area contributed by atoms with E-state index in [0.717, 1.165) is 12.8 Å². The number of methoxy groups -OCH3 is 2. The van der Waals surface area contributed by atoms with Crippen LogP contribution in [0.25, 0.3) is 0 Å². The van der Waals surface area contributed by atoms with Gasteiger partial charge in [0.05, 0.1) is 38.0 Å². The Labute approximate surface area is 206 Å². The Morgan fingerprint density at radius 1 is 1.23 bits per heavy atom. The molecule has 1 aliphatic heterocycles. The van der Waals surface area contributed by atoms with Crippen molar-refractivity contribution >= 4 is 19.0 Å². The normalized spacial score (nSPS) is 29.2. The summed E-state index contributed by atoms with van der Waals surface area (Å²) in [5.41, 5.74) is 0.467. The first-order chi connectivity index (χ1) is 16.6. The number of nitrogens with one attached hydrogen (secondary N) is 1. The zero-order valence-electron chi connectivity index (χ0n) is 21.2. The third-order valence-electron chi connectivity index (χ3n) is 8.28.